The molecule has 1 aromatic rings. The summed E-state index contributed by atoms with van der Waals surface area (Å²) < 4.78 is 4.94. The molecule has 0 aromatic heterocycles. The fourth-order valence-corrected chi connectivity index (χ4v) is 1.20. The number of aromatic carboxylic acids is 1. The van der Waals surface area contributed by atoms with Crippen molar-refractivity contribution in [2.75, 3.05) is 7.11 Å². The van der Waals surface area contributed by atoms with E-state index in [2.05, 4.69) is 11.8 Å². The van der Waals surface area contributed by atoms with Gasteiger partial charge in [0.15, 0.2) is 0 Å². The van der Waals surface area contributed by atoms with Crippen molar-refractivity contribution in [3.05, 3.63) is 29.3 Å². The third-order valence-electron chi connectivity index (χ3n) is 1.85. The molecule has 4 nitrogen and oxygen atoms in total. The Hall–Kier alpha value is -2.46. The van der Waals surface area contributed by atoms with Crippen LogP contribution in [0, 0.1) is 23.2 Å². The van der Waals surface area contributed by atoms with E-state index in [0.717, 1.165) is 0 Å². The van der Waals surface area contributed by atoms with Gasteiger partial charge in [0.25, 0.3) is 0 Å². The van der Waals surface area contributed by atoms with Crippen molar-refractivity contribution in [1.82, 2.24) is 0 Å². The minimum Gasteiger partial charge on any atom is -0.496 e. The molecule has 0 aliphatic heterocycles. The molecule has 0 bridgehead atoms. The van der Waals surface area contributed by atoms with Gasteiger partial charge in [-0.3, -0.25) is 0 Å². The third-order valence-corrected chi connectivity index (χ3v) is 1.85. The highest BCUT2D eigenvalue weighted by Crippen LogP contribution is 2.21. The average Bonchev–Trinajstić information content (AvgIpc) is 2.28. The molecule has 1 N–H and O–H groups in total. The number of nitriles is 1. The lowest BCUT2D eigenvalue weighted by Gasteiger charge is -2.05. The van der Waals surface area contributed by atoms with Crippen LogP contribution in [0.1, 0.15) is 22.3 Å². The van der Waals surface area contributed by atoms with Gasteiger partial charge in [-0.05, 0) is 12.1 Å². The SMILES string of the molecule is COc1cccc(C#CCC#N)c1C(=O)O. The third kappa shape index (κ3) is 2.52. The Bertz CT molecular complexity index is 503. The molecule has 1 rings (SSSR count). The minimum atomic E-state index is -1.10. The Kier molecular flexibility index (Phi) is 3.94. The Morgan fingerprint density at radius 1 is 1.56 bits per heavy atom. The van der Waals surface area contributed by atoms with Gasteiger partial charge in [-0.2, -0.15) is 5.26 Å². The second-order valence-corrected chi connectivity index (χ2v) is 2.82. The van der Waals surface area contributed by atoms with Gasteiger partial charge >= 0.3 is 5.97 Å². The van der Waals surface area contributed by atoms with Crippen LogP contribution in [0.15, 0.2) is 18.2 Å². The number of carbonyl (C=O) groups is 1. The molecule has 0 radical (unpaired) electrons. The van der Waals surface area contributed by atoms with Crippen LogP contribution in [0.2, 0.25) is 0 Å². The zero-order valence-corrected chi connectivity index (χ0v) is 8.65. The fraction of sp³-hybridized carbons (Fsp3) is 0.167. The van der Waals surface area contributed by atoms with Crippen molar-refractivity contribution in [2.24, 2.45) is 0 Å². The highest BCUT2D eigenvalue weighted by atomic mass is 16.5. The molecule has 0 heterocycles. The zero-order chi connectivity index (χ0) is 12.0. The molecule has 0 saturated carbocycles. The predicted octanol–water partition coefficient (Wildman–Crippen LogP) is 1.66. The van der Waals surface area contributed by atoms with Gasteiger partial charge in [0.1, 0.15) is 11.3 Å². The smallest absolute Gasteiger partial charge is 0.340 e. The number of carboxylic acid groups (broad SMARTS) is 1. The minimum absolute atomic E-state index is 0.0236. The van der Waals surface area contributed by atoms with Gasteiger partial charge in [-0.15, -0.1) is 0 Å². The van der Waals surface area contributed by atoms with Crippen LogP contribution in [-0.4, -0.2) is 18.2 Å². The normalized spacial score (nSPS) is 8.50. The van der Waals surface area contributed by atoms with Crippen molar-refractivity contribution in [3.63, 3.8) is 0 Å². The van der Waals surface area contributed by atoms with Gasteiger partial charge in [-0.1, -0.05) is 17.9 Å². The molecule has 0 unspecified atom stereocenters. The number of benzene rings is 1. The predicted molar refractivity (Wildman–Crippen MR) is 57.1 cm³/mol. The fourth-order valence-electron chi connectivity index (χ4n) is 1.20. The van der Waals surface area contributed by atoms with Gasteiger partial charge in [0.2, 0.25) is 0 Å². The van der Waals surface area contributed by atoms with E-state index in [9.17, 15) is 4.79 Å². The highest BCUT2D eigenvalue weighted by Gasteiger charge is 2.14. The molecule has 16 heavy (non-hydrogen) atoms. The maximum Gasteiger partial charge on any atom is 0.340 e. The standard InChI is InChI=1S/C12H9NO3/c1-16-10-7-4-6-9(5-2-3-8-13)11(10)12(14)15/h4,6-7H,3H2,1H3,(H,14,15). The molecular weight excluding hydrogens is 206 g/mol. The van der Waals surface area contributed by atoms with E-state index in [-0.39, 0.29) is 17.7 Å². The van der Waals surface area contributed by atoms with E-state index >= 15 is 0 Å². The highest BCUT2D eigenvalue weighted by molar-refractivity contribution is 5.94. The molecule has 0 spiro atoms. The quantitative estimate of drug-likeness (QED) is 0.761. The molecule has 4 heteroatoms. The summed E-state index contributed by atoms with van der Waals surface area (Å²) in [6.07, 6.45) is 0.0657. The number of rotatable bonds is 2. The van der Waals surface area contributed by atoms with E-state index in [1.807, 2.05) is 6.07 Å². The molecule has 0 atom stereocenters. The molecule has 1 aromatic carbocycles. The number of methoxy groups -OCH3 is 1. The van der Waals surface area contributed by atoms with E-state index in [0.29, 0.717) is 5.56 Å². The van der Waals surface area contributed by atoms with Crippen molar-refractivity contribution >= 4 is 5.97 Å². The van der Waals surface area contributed by atoms with Crippen molar-refractivity contribution in [3.8, 4) is 23.7 Å². The summed E-state index contributed by atoms with van der Waals surface area (Å²) in [5.41, 5.74) is 0.373. The van der Waals surface area contributed by atoms with Crippen LogP contribution in [0.3, 0.4) is 0 Å². The number of carboxylic acids is 1. The monoisotopic (exact) mass is 215 g/mol. The first-order valence-corrected chi connectivity index (χ1v) is 4.46. The Labute approximate surface area is 93.1 Å². The van der Waals surface area contributed by atoms with Gasteiger partial charge in [-0.25, -0.2) is 4.79 Å². The van der Waals surface area contributed by atoms with Crippen LogP contribution >= 0.6 is 0 Å². The van der Waals surface area contributed by atoms with E-state index in [4.69, 9.17) is 15.1 Å². The zero-order valence-electron chi connectivity index (χ0n) is 8.65. The summed E-state index contributed by atoms with van der Waals surface area (Å²) >= 11 is 0. The Morgan fingerprint density at radius 3 is 2.88 bits per heavy atom. The largest absolute Gasteiger partial charge is 0.496 e. The van der Waals surface area contributed by atoms with Crippen LogP contribution < -0.4 is 4.74 Å². The summed E-state index contributed by atoms with van der Waals surface area (Å²) in [6, 6.07) is 6.65. The maximum atomic E-state index is 11.0. The molecular formula is C12H9NO3. The van der Waals surface area contributed by atoms with Crippen LogP contribution in [0.5, 0.6) is 5.75 Å². The number of hydrogen-bond donors (Lipinski definition) is 1. The molecule has 0 saturated heterocycles. The van der Waals surface area contributed by atoms with Crippen molar-refractivity contribution in [2.45, 2.75) is 6.42 Å². The lowest BCUT2D eigenvalue weighted by atomic mass is 10.1. The lowest BCUT2D eigenvalue weighted by molar-refractivity contribution is 0.0693. The van der Waals surface area contributed by atoms with Crippen molar-refractivity contribution < 1.29 is 14.6 Å². The summed E-state index contributed by atoms with van der Waals surface area (Å²) in [5.74, 6) is 4.37. The second-order valence-electron chi connectivity index (χ2n) is 2.82. The molecule has 0 aliphatic carbocycles. The van der Waals surface area contributed by atoms with Crippen LogP contribution in [0.4, 0.5) is 0 Å². The molecule has 0 amide bonds. The van der Waals surface area contributed by atoms with Gasteiger partial charge < -0.3 is 9.84 Å². The van der Waals surface area contributed by atoms with Gasteiger partial charge in [0, 0.05) is 5.56 Å². The van der Waals surface area contributed by atoms with E-state index < -0.39 is 5.97 Å². The summed E-state index contributed by atoms with van der Waals surface area (Å²) in [7, 11) is 1.40. The molecule has 0 fully saturated rings. The first kappa shape index (κ1) is 11.6. The van der Waals surface area contributed by atoms with Gasteiger partial charge in [0.05, 0.1) is 19.6 Å². The lowest BCUT2D eigenvalue weighted by Crippen LogP contribution is -2.03. The average molecular weight is 215 g/mol. The number of nitrogens with zero attached hydrogens (tertiary/aromatic N) is 1. The summed E-state index contributed by atoms with van der Waals surface area (Å²) in [6.45, 7) is 0. The van der Waals surface area contributed by atoms with Crippen molar-refractivity contribution in [1.29, 1.82) is 5.26 Å². The van der Waals surface area contributed by atoms with Crippen LogP contribution in [-0.2, 0) is 0 Å². The summed E-state index contributed by atoms with van der Waals surface area (Å²) in [5, 5.41) is 17.4. The van der Waals surface area contributed by atoms with Crippen LogP contribution in [0.25, 0.3) is 0 Å². The second kappa shape index (κ2) is 5.43. The first-order chi connectivity index (χ1) is 7.70. The summed E-state index contributed by atoms with van der Waals surface area (Å²) in [4.78, 5) is 11.0. The number of ether oxygens (including phenoxy) is 1. The first-order valence-electron chi connectivity index (χ1n) is 4.46. The Morgan fingerprint density at radius 2 is 2.31 bits per heavy atom. The van der Waals surface area contributed by atoms with E-state index in [1.54, 1.807) is 18.2 Å². The Balaban J connectivity index is 3.25. The maximum absolute atomic E-state index is 11.0. The number of hydrogen-bond acceptors (Lipinski definition) is 3. The topological polar surface area (TPSA) is 70.3 Å². The van der Waals surface area contributed by atoms with E-state index in [1.165, 1.54) is 7.11 Å². The molecule has 0 aliphatic rings. The molecule has 80 valence electrons.